The molecule has 0 aromatic heterocycles. The Kier molecular flexibility index (Phi) is 7.35. The molecule has 0 spiro atoms. The minimum absolute atomic E-state index is 0.0110. The van der Waals surface area contributed by atoms with Gasteiger partial charge in [-0.1, -0.05) is 37.3 Å². The third-order valence-electron chi connectivity index (χ3n) is 5.35. The van der Waals surface area contributed by atoms with Gasteiger partial charge in [0.15, 0.2) is 0 Å². The number of hydrogen-bond donors (Lipinski definition) is 1. The molecular weight excluding hydrogens is 348 g/mol. The van der Waals surface area contributed by atoms with Crippen molar-refractivity contribution >= 4 is 11.6 Å². The molecule has 0 radical (unpaired) electrons. The van der Waals surface area contributed by atoms with Crippen LogP contribution in [0.5, 0.6) is 5.75 Å². The summed E-state index contributed by atoms with van der Waals surface area (Å²) in [7, 11) is 0. The zero-order chi connectivity index (χ0) is 19.8. The molecule has 1 amide bonds. The lowest BCUT2D eigenvalue weighted by atomic mass is 9.99. The van der Waals surface area contributed by atoms with E-state index >= 15 is 0 Å². The number of ether oxygens (including phenoxy) is 1. The van der Waals surface area contributed by atoms with Crippen molar-refractivity contribution in [2.75, 3.05) is 24.6 Å². The molecule has 0 saturated carbocycles. The van der Waals surface area contributed by atoms with Crippen LogP contribution < -0.4 is 15.0 Å². The number of carbonyl (C=O) groups excluding carboxylic acids is 1. The van der Waals surface area contributed by atoms with Gasteiger partial charge in [-0.15, -0.1) is 0 Å². The van der Waals surface area contributed by atoms with E-state index < -0.39 is 0 Å². The molecular formula is C24H32N2O2. The molecule has 4 nitrogen and oxygen atoms in total. The molecule has 1 N–H and O–H groups in total. The number of anilines is 1. The number of hydrogen-bond acceptors (Lipinski definition) is 3. The van der Waals surface area contributed by atoms with Crippen molar-refractivity contribution in [2.45, 2.75) is 45.6 Å². The molecule has 2 aromatic rings. The Morgan fingerprint density at radius 1 is 1.18 bits per heavy atom. The quantitative estimate of drug-likeness (QED) is 0.658. The average molecular weight is 381 g/mol. The number of rotatable bonds is 8. The van der Waals surface area contributed by atoms with Gasteiger partial charge in [0.2, 0.25) is 5.91 Å². The van der Waals surface area contributed by atoms with Crippen LogP contribution in [0.1, 0.15) is 51.1 Å². The minimum atomic E-state index is 0.0110. The first-order valence-electron chi connectivity index (χ1n) is 10.4. The van der Waals surface area contributed by atoms with Crippen molar-refractivity contribution in [3.63, 3.8) is 0 Å². The summed E-state index contributed by atoms with van der Waals surface area (Å²) in [6.45, 7) is 7.19. The van der Waals surface area contributed by atoms with E-state index in [0.29, 0.717) is 19.4 Å². The first kappa shape index (κ1) is 20.2. The van der Waals surface area contributed by atoms with E-state index in [2.05, 4.69) is 41.4 Å². The van der Waals surface area contributed by atoms with E-state index in [1.54, 1.807) is 0 Å². The van der Waals surface area contributed by atoms with Crippen molar-refractivity contribution < 1.29 is 9.53 Å². The maximum atomic E-state index is 12.2. The first-order valence-corrected chi connectivity index (χ1v) is 10.4. The third kappa shape index (κ3) is 6.01. The van der Waals surface area contributed by atoms with Gasteiger partial charge in [-0.2, -0.15) is 0 Å². The number of nitrogens with one attached hydrogen (secondary N) is 1. The molecule has 3 rings (SSSR count). The summed E-state index contributed by atoms with van der Waals surface area (Å²) in [6.07, 6.45) is 3.78. The molecule has 1 fully saturated rings. The van der Waals surface area contributed by atoms with Crippen LogP contribution in [0.4, 0.5) is 5.69 Å². The number of piperidine rings is 1. The summed E-state index contributed by atoms with van der Waals surface area (Å²) >= 11 is 0. The van der Waals surface area contributed by atoms with Crippen LogP contribution in [0.2, 0.25) is 0 Å². The summed E-state index contributed by atoms with van der Waals surface area (Å²) in [5.74, 6) is 1.68. The Balaban J connectivity index is 1.41. The average Bonchev–Trinajstić information content (AvgIpc) is 2.72. The summed E-state index contributed by atoms with van der Waals surface area (Å²) in [5, 5.41) is 3.09. The number of benzene rings is 2. The van der Waals surface area contributed by atoms with Crippen molar-refractivity contribution in [3.8, 4) is 5.75 Å². The van der Waals surface area contributed by atoms with Crippen LogP contribution in [0.3, 0.4) is 0 Å². The van der Waals surface area contributed by atoms with Gasteiger partial charge in [0, 0.05) is 25.2 Å². The summed E-state index contributed by atoms with van der Waals surface area (Å²) in [4.78, 5) is 14.7. The Bertz CT molecular complexity index is 730. The highest BCUT2D eigenvalue weighted by Gasteiger charge is 2.17. The predicted molar refractivity (Wildman–Crippen MR) is 115 cm³/mol. The van der Waals surface area contributed by atoms with Gasteiger partial charge in [-0.25, -0.2) is 0 Å². The van der Waals surface area contributed by atoms with Crippen LogP contribution in [0, 0.1) is 5.92 Å². The van der Waals surface area contributed by atoms with Crippen molar-refractivity contribution in [1.29, 1.82) is 0 Å². The topological polar surface area (TPSA) is 41.6 Å². The zero-order valence-corrected chi connectivity index (χ0v) is 17.1. The molecule has 1 saturated heterocycles. The molecule has 2 atom stereocenters. The van der Waals surface area contributed by atoms with Gasteiger partial charge in [0.25, 0.3) is 0 Å². The van der Waals surface area contributed by atoms with Crippen molar-refractivity contribution in [3.05, 3.63) is 60.2 Å². The Morgan fingerprint density at radius 3 is 2.64 bits per heavy atom. The summed E-state index contributed by atoms with van der Waals surface area (Å²) < 4.78 is 5.64. The molecule has 1 aliphatic heterocycles. The Hall–Kier alpha value is -2.49. The maximum absolute atomic E-state index is 12.2. The third-order valence-corrected chi connectivity index (χ3v) is 5.35. The van der Waals surface area contributed by atoms with Gasteiger partial charge in [0.05, 0.1) is 12.6 Å². The largest absolute Gasteiger partial charge is 0.494 e. The predicted octanol–water partition coefficient (Wildman–Crippen LogP) is 4.96. The lowest BCUT2D eigenvalue weighted by Crippen LogP contribution is -2.34. The van der Waals surface area contributed by atoms with Crippen LogP contribution in [-0.2, 0) is 4.79 Å². The maximum Gasteiger partial charge on any atom is 0.220 e. The van der Waals surface area contributed by atoms with E-state index in [0.717, 1.165) is 30.3 Å². The van der Waals surface area contributed by atoms with Gasteiger partial charge in [-0.3, -0.25) is 4.79 Å². The van der Waals surface area contributed by atoms with Crippen molar-refractivity contribution in [1.82, 2.24) is 5.32 Å². The van der Waals surface area contributed by atoms with Crippen LogP contribution in [0.15, 0.2) is 54.6 Å². The Morgan fingerprint density at radius 2 is 1.93 bits per heavy atom. The molecule has 4 heteroatoms. The lowest BCUT2D eigenvalue weighted by molar-refractivity contribution is -0.121. The van der Waals surface area contributed by atoms with Gasteiger partial charge in [0.1, 0.15) is 5.75 Å². The highest BCUT2D eigenvalue weighted by molar-refractivity contribution is 5.76. The molecule has 0 bridgehead atoms. The van der Waals surface area contributed by atoms with Crippen molar-refractivity contribution in [2.24, 2.45) is 5.92 Å². The molecule has 150 valence electrons. The molecule has 0 unspecified atom stereocenters. The second-order valence-corrected chi connectivity index (χ2v) is 7.84. The number of carbonyl (C=O) groups is 1. The molecule has 1 heterocycles. The SMILES string of the molecule is C[C@@H]1CCCN(c2ccc([C@@H](C)NC(=O)CCCOc3ccccc3)cc2)C1. The number of amides is 1. The highest BCUT2D eigenvalue weighted by atomic mass is 16.5. The number of para-hydroxylation sites is 1. The van der Waals surface area contributed by atoms with E-state index in [4.69, 9.17) is 4.74 Å². The summed E-state index contributed by atoms with van der Waals surface area (Å²) in [5.41, 5.74) is 2.43. The summed E-state index contributed by atoms with van der Waals surface area (Å²) in [6, 6.07) is 18.4. The molecule has 28 heavy (non-hydrogen) atoms. The van der Waals surface area contributed by atoms with Gasteiger partial charge >= 0.3 is 0 Å². The fourth-order valence-corrected chi connectivity index (χ4v) is 3.73. The molecule has 2 aromatic carbocycles. The fourth-order valence-electron chi connectivity index (χ4n) is 3.73. The highest BCUT2D eigenvalue weighted by Crippen LogP contribution is 2.24. The molecule has 1 aliphatic rings. The minimum Gasteiger partial charge on any atom is -0.494 e. The van der Waals surface area contributed by atoms with E-state index in [1.165, 1.54) is 18.5 Å². The van der Waals surface area contributed by atoms with E-state index in [9.17, 15) is 4.79 Å². The standard InChI is InChI=1S/C24H32N2O2/c1-19-8-6-16-26(18-19)22-14-12-21(13-15-22)20(2)25-24(27)11-7-17-28-23-9-4-3-5-10-23/h3-5,9-10,12-15,19-20H,6-8,11,16-18H2,1-2H3,(H,25,27)/t19-,20-/m1/s1. The zero-order valence-electron chi connectivity index (χ0n) is 17.1. The van der Waals surface area contributed by atoms with Gasteiger partial charge in [-0.05, 0) is 61.9 Å². The van der Waals surface area contributed by atoms with E-state index in [-0.39, 0.29) is 11.9 Å². The fraction of sp³-hybridized carbons (Fsp3) is 0.458. The second-order valence-electron chi connectivity index (χ2n) is 7.84. The molecule has 0 aliphatic carbocycles. The van der Waals surface area contributed by atoms with E-state index in [1.807, 2.05) is 37.3 Å². The number of nitrogens with zero attached hydrogens (tertiary/aromatic N) is 1. The van der Waals surface area contributed by atoms with Crippen LogP contribution in [-0.4, -0.2) is 25.6 Å². The van der Waals surface area contributed by atoms with Gasteiger partial charge < -0.3 is 15.0 Å². The lowest BCUT2D eigenvalue weighted by Gasteiger charge is -2.33. The Labute approximate surface area is 168 Å². The normalized spacial score (nSPS) is 17.8. The van der Waals surface area contributed by atoms with Crippen LogP contribution >= 0.6 is 0 Å². The first-order chi connectivity index (χ1) is 13.6. The second kappa shape index (κ2) is 10.2. The monoisotopic (exact) mass is 380 g/mol. The van der Waals surface area contributed by atoms with Crippen LogP contribution in [0.25, 0.3) is 0 Å². The smallest absolute Gasteiger partial charge is 0.220 e.